The molecule has 2 aromatic rings. The Balaban J connectivity index is 1.88. The van der Waals surface area contributed by atoms with Crippen molar-refractivity contribution in [2.24, 2.45) is 5.41 Å². The van der Waals surface area contributed by atoms with E-state index in [-0.39, 0.29) is 17.7 Å². The van der Waals surface area contributed by atoms with E-state index in [9.17, 15) is 15.2 Å². The molecule has 2 fully saturated rings. The van der Waals surface area contributed by atoms with Gasteiger partial charge in [-0.3, -0.25) is 4.79 Å². The maximum atomic E-state index is 12.2. The molecule has 23 heavy (non-hydrogen) atoms. The molecule has 0 bridgehead atoms. The Labute approximate surface area is 133 Å². The molecule has 4 rings (SSSR count). The lowest BCUT2D eigenvalue weighted by Gasteiger charge is -2.34. The summed E-state index contributed by atoms with van der Waals surface area (Å²) in [5, 5.41) is 18.8. The summed E-state index contributed by atoms with van der Waals surface area (Å²) in [6.45, 7) is 1.52. The van der Waals surface area contributed by atoms with Crippen molar-refractivity contribution in [1.82, 2.24) is 9.97 Å². The number of H-pyrrole nitrogens is 1. The lowest BCUT2D eigenvalue weighted by Crippen LogP contribution is -2.36. The summed E-state index contributed by atoms with van der Waals surface area (Å²) in [4.78, 5) is 21.5. The van der Waals surface area contributed by atoms with Crippen LogP contribution in [-0.2, 0) is 6.61 Å². The molecule has 118 valence electrons. The van der Waals surface area contributed by atoms with E-state index in [4.69, 9.17) is 0 Å². The SMILES string of the molecule is N#Cc1c(N2CCC3(CC2)CC3)c2nc(CO)ccc2[nH]c1=O. The third-order valence-corrected chi connectivity index (χ3v) is 5.26. The van der Waals surface area contributed by atoms with E-state index in [1.54, 1.807) is 12.1 Å². The fourth-order valence-electron chi connectivity index (χ4n) is 3.57. The molecule has 1 spiro atoms. The summed E-state index contributed by atoms with van der Waals surface area (Å²) in [5.74, 6) is 0. The van der Waals surface area contributed by atoms with Crippen LogP contribution in [0.15, 0.2) is 16.9 Å². The number of anilines is 1. The Bertz CT molecular complexity index is 867. The number of hydrogen-bond donors (Lipinski definition) is 2. The fraction of sp³-hybridized carbons (Fsp3) is 0.471. The van der Waals surface area contributed by atoms with Crippen LogP contribution in [0, 0.1) is 16.7 Å². The number of nitriles is 1. The van der Waals surface area contributed by atoms with Crippen LogP contribution < -0.4 is 10.5 Å². The Kier molecular flexibility index (Phi) is 3.13. The van der Waals surface area contributed by atoms with Gasteiger partial charge in [0.25, 0.3) is 5.56 Å². The summed E-state index contributed by atoms with van der Waals surface area (Å²) >= 11 is 0. The first-order valence-electron chi connectivity index (χ1n) is 7.98. The number of nitrogens with one attached hydrogen (secondary N) is 1. The maximum Gasteiger partial charge on any atom is 0.268 e. The molecule has 1 aliphatic heterocycles. The highest BCUT2D eigenvalue weighted by molar-refractivity contribution is 5.91. The van der Waals surface area contributed by atoms with Crippen molar-refractivity contribution < 1.29 is 5.11 Å². The third kappa shape index (κ3) is 2.28. The van der Waals surface area contributed by atoms with E-state index < -0.39 is 0 Å². The average Bonchev–Trinajstić information content (AvgIpc) is 3.33. The van der Waals surface area contributed by atoms with Gasteiger partial charge in [-0.1, -0.05) is 0 Å². The molecule has 1 saturated carbocycles. The first-order valence-corrected chi connectivity index (χ1v) is 7.98. The number of piperidine rings is 1. The van der Waals surface area contributed by atoms with E-state index in [1.807, 2.05) is 6.07 Å². The number of pyridine rings is 2. The second-order valence-electron chi connectivity index (χ2n) is 6.63. The van der Waals surface area contributed by atoms with Crippen LogP contribution in [0.3, 0.4) is 0 Å². The first-order chi connectivity index (χ1) is 11.2. The number of rotatable bonds is 2. The number of aromatic amines is 1. The molecule has 2 aliphatic rings. The van der Waals surface area contributed by atoms with Gasteiger partial charge in [0.1, 0.15) is 17.1 Å². The highest BCUT2D eigenvalue weighted by atomic mass is 16.3. The van der Waals surface area contributed by atoms with Gasteiger partial charge in [-0.15, -0.1) is 0 Å². The van der Waals surface area contributed by atoms with Gasteiger partial charge in [0.15, 0.2) is 0 Å². The zero-order chi connectivity index (χ0) is 16.0. The number of aromatic nitrogens is 2. The Morgan fingerprint density at radius 2 is 2.04 bits per heavy atom. The Hall–Kier alpha value is -2.39. The lowest BCUT2D eigenvalue weighted by molar-refractivity contribution is 0.277. The molecule has 0 atom stereocenters. The van der Waals surface area contributed by atoms with E-state index >= 15 is 0 Å². The second kappa shape index (κ2) is 5.07. The fourth-order valence-corrected chi connectivity index (χ4v) is 3.57. The summed E-state index contributed by atoms with van der Waals surface area (Å²) in [6, 6.07) is 5.47. The van der Waals surface area contributed by atoms with Crippen molar-refractivity contribution in [1.29, 1.82) is 5.26 Å². The van der Waals surface area contributed by atoms with Gasteiger partial charge in [0, 0.05) is 13.1 Å². The smallest absolute Gasteiger partial charge is 0.268 e. The predicted molar refractivity (Wildman–Crippen MR) is 86.1 cm³/mol. The van der Waals surface area contributed by atoms with E-state index in [2.05, 4.69) is 14.9 Å². The third-order valence-electron chi connectivity index (χ3n) is 5.26. The number of nitrogens with zero attached hydrogens (tertiary/aromatic N) is 3. The van der Waals surface area contributed by atoms with E-state index in [1.165, 1.54) is 12.8 Å². The Morgan fingerprint density at radius 3 is 2.65 bits per heavy atom. The number of aliphatic hydroxyl groups is 1. The lowest BCUT2D eigenvalue weighted by atomic mass is 9.93. The van der Waals surface area contributed by atoms with Crippen molar-refractivity contribution in [3.05, 3.63) is 33.7 Å². The van der Waals surface area contributed by atoms with Crippen LogP contribution in [0.5, 0.6) is 0 Å². The maximum absolute atomic E-state index is 12.2. The molecular weight excluding hydrogens is 292 g/mol. The van der Waals surface area contributed by atoms with Crippen molar-refractivity contribution in [2.45, 2.75) is 32.3 Å². The quantitative estimate of drug-likeness (QED) is 0.880. The van der Waals surface area contributed by atoms with Gasteiger partial charge in [0.2, 0.25) is 0 Å². The minimum absolute atomic E-state index is 0.117. The van der Waals surface area contributed by atoms with Crippen LogP contribution in [-0.4, -0.2) is 28.2 Å². The van der Waals surface area contributed by atoms with Crippen molar-refractivity contribution >= 4 is 16.7 Å². The van der Waals surface area contributed by atoms with Gasteiger partial charge in [-0.25, -0.2) is 4.98 Å². The highest BCUT2D eigenvalue weighted by Gasteiger charge is 2.44. The molecule has 0 unspecified atom stereocenters. The number of hydrogen-bond acceptors (Lipinski definition) is 5. The zero-order valence-electron chi connectivity index (χ0n) is 12.8. The molecule has 3 heterocycles. The molecule has 0 radical (unpaired) electrons. The predicted octanol–water partition coefficient (Wildman–Crippen LogP) is 1.67. The minimum Gasteiger partial charge on any atom is -0.390 e. The summed E-state index contributed by atoms with van der Waals surface area (Å²) in [6.07, 6.45) is 4.81. The molecule has 0 aromatic carbocycles. The summed E-state index contributed by atoms with van der Waals surface area (Å²) in [5.41, 5.74) is 2.62. The molecular formula is C17H18N4O2. The topological polar surface area (TPSA) is 93.0 Å². The monoisotopic (exact) mass is 310 g/mol. The van der Waals surface area contributed by atoms with Crippen LogP contribution in [0.4, 0.5) is 5.69 Å². The molecule has 1 saturated heterocycles. The van der Waals surface area contributed by atoms with Crippen LogP contribution >= 0.6 is 0 Å². The van der Waals surface area contributed by atoms with Crippen LogP contribution in [0.1, 0.15) is 36.9 Å². The minimum atomic E-state index is -0.375. The standard InChI is InChI=1S/C17H18N4O2/c18-9-12-15(21-7-5-17(3-4-17)6-8-21)14-13(20-16(12)23)2-1-11(10-22)19-14/h1-2,22H,3-8,10H2,(H,20,23). The van der Waals surface area contributed by atoms with Crippen molar-refractivity contribution in [3.63, 3.8) is 0 Å². The van der Waals surface area contributed by atoms with E-state index in [0.717, 1.165) is 25.9 Å². The normalized spacial score (nSPS) is 19.0. The molecule has 2 aromatic heterocycles. The molecule has 6 heteroatoms. The number of aliphatic hydroxyl groups excluding tert-OH is 1. The molecule has 2 N–H and O–H groups in total. The average molecular weight is 310 g/mol. The zero-order valence-corrected chi connectivity index (χ0v) is 12.8. The largest absolute Gasteiger partial charge is 0.390 e. The van der Waals surface area contributed by atoms with Gasteiger partial charge >= 0.3 is 0 Å². The van der Waals surface area contributed by atoms with Gasteiger partial charge < -0.3 is 15.0 Å². The Morgan fingerprint density at radius 1 is 1.30 bits per heavy atom. The number of fused-ring (bicyclic) bond motifs is 1. The highest BCUT2D eigenvalue weighted by Crippen LogP contribution is 2.54. The van der Waals surface area contributed by atoms with Crippen molar-refractivity contribution in [3.8, 4) is 6.07 Å². The van der Waals surface area contributed by atoms with Gasteiger partial charge in [-0.05, 0) is 43.2 Å². The van der Waals surface area contributed by atoms with E-state index in [0.29, 0.717) is 27.8 Å². The van der Waals surface area contributed by atoms with Gasteiger partial charge in [-0.2, -0.15) is 5.26 Å². The van der Waals surface area contributed by atoms with Gasteiger partial charge in [0.05, 0.1) is 23.5 Å². The van der Waals surface area contributed by atoms with Crippen molar-refractivity contribution in [2.75, 3.05) is 18.0 Å². The molecule has 1 aliphatic carbocycles. The van der Waals surface area contributed by atoms with Crippen LogP contribution in [0.25, 0.3) is 11.0 Å². The second-order valence-corrected chi connectivity index (χ2v) is 6.63. The molecule has 0 amide bonds. The summed E-state index contributed by atoms with van der Waals surface area (Å²) < 4.78 is 0. The molecule has 6 nitrogen and oxygen atoms in total. The first kappa shape index (κ1) is 14.2. The summed E-state index contributed by atoms with van der Waals surface area (Å²) in [7, 11) is 0. The van der Waals surface area contributed by atoms with Crippen LogP contribution in [0.2, 0.25) is 0 Å².